The molecule has 2 aromatic rings. The van der Waals surface area contributed by atoms with Crippen LogP contribution in [0.25, 0.3) is 0 Å². The van der Waals surface area contributed by atoms with E-state index in [2.05, 4.69) is 4.74 Å². The van der Waals surface area contributed by atoms with Gasteiger partial charge in [0.1, 0.15) is 11.8 Å². The third-order valence-electron chi connectivity index (χ3n) is 2.72. The van der Waals surface area contributed by atoms with E-state index in [-0.39, 0.29) is 17.1 Å². The van der Waals surface area contributed by atoms with Gasteiger partial charge in [-0.25, -0.2) is 4.79 Å². The van der Waals surface area contributed by atoms with Crippen LogP contribution in [0.2, 0.25) is 0 Å². The summed E-state index contributed by atoms with van der Waals surface area (Å²) in [7, 11) is 0. The zero-order chi connectivity index (χ0) is 17.4. The maximum Gasteiger partial charge on any atom is 0.344 e. The Morgan fingerprint density at radius 1 is 1.12 bits per heavy atom. The largest absolute Gasteiger partial charge is 0.481 e. The molecule has 1 aromatic heterocycles. The van der Waals surface area contributed by atoms with Gasteiger partial charge in [-0.15, -0.1) is 0 Å². The van der Waals surface area contributed by atoms with E-state index in [4.69, 9.17) is 14.4 Å². The maximum atomic E-state index is 11.5. The summed E-state index contributed by atoms with van der Waals surface area (Å²) >= 11 is 0. The molecule has 0 unspecified atom stereocenters. The predicted octanol–water partition coefficient (Wildman–Crippen LogP) is 1.03. The van der Waals surface area contributed by atoms with Crippen molar-refractivity contribution in [1.82, 2.24) is 5.32 Å². The summed E-state index contributed by atoms with van der Waals surface area (Å²) in [5.74, 6) is -2.16. The van der Waals surface area contributed by atoms with Crippen LogP contribution >= 0.6 is 0 Å². The molecule has 0 fully saturated rings. The number of amides is 2. The highest BCUT2D eigenvalue weighted by molar-refractivity contribution is 6.03. The monoisotopic (exact) mass is 328 g/mol. The molecule has 0 atom stereocenters. The highest BCUT2D eigenvalue weighted by Crippen LogP contribution is 2.16. The number of imide groups is 1. The first-order valence-electron chi connectivity index (χ1n) is 6.75. The van der Waals surface area contributed by atoms with Crippen LogP contribution in [0.4, 0.5) is 0 Å². The van der Waals surface area contributed by atoms with Gasteiger partial charge in [-0.05, 0) is 24.3 Å². The van der Waals surface area contributed by atoms with Crippen LogP contribution in [0.3, 0.4) is 0 Å². The van der Waals surface area contributed by atoms with Crippen LogP contribution < -0.4 is 10.1 Å². The molecule has 1 aromatic carbocycles. The lowest BCUT2D eigenvalue weighted by molar-refractivity contribution is -0.150. The van der Waals surface area contributed by atoms with Crippen molar-refractivity contribution in [3.63, 3.8) is 0 Å². The molecule has 8 nitrogen and oxygen atoms in total. The van der Waals surface area contributed by atoms with Crippen molar-refractivity contribution in [1.29, 1.82) is 5.26 Å². The van der Waals surface area contributed by atoms with Crippen molar-refractivity contribution in [3.8, 4) is 11.8 Å². The second-order valence-corrected chi connectivity index (χ2v) is 4.41. The Balaban J connectivity index is 1.74. The quantitative estimate of drug-likeness (QED) is 0.787. The van der Waals surface area contributed by atoms with Crippen LogP contribution in [-0.2, 0) is 14.3 Å². The van der Waals surface area contributed by atoms with E-state index in [0.717, 1.165) is 0 Å². The lowest BCUT2D eigenvalue weighted by atomic mass is 10.2. The lowest BCUT2D eigenvalue weighted by Crippen LogP contribution is -2.34. The van der Waals surface area contributed by atoms with Gasteiger partial charge < -0.3 is 13.9 Å². The molecule has 1 heterocycles. The van der Waals surface area contributed by atoms with E-state index in [1.54, 1.807) is 12.1 Å². The number of nitriles is 1. The molecule has 0 aliphatic carbocycles. The van der Waals surface area contributed by atoms with Gasteiger partial charge in [0.05, 0.1) is 11.8 Å². The molecule has 8 heteroatoms. The molecule has 0 bridgehead atoms. The number of carbonyl (C=O) groups is 3. The fourth-order valence-corrected chi connectivity index (χ4v) is 1.64. The summed E-state index contributed by atoms with van der Waals surface area (Å²) < 4.78 is 14.6. The highest BCUT2D eigenvalue weighted by atomic mass is 16.6. The fraction of sp³-hybridized carbons (Fsp3) is 0.125. The molecule has 0 spiro atoms. The molecule has 2 amide bonds. The smallest absolute Gasteiger partial charge is 0.344 e. The molecule has 0 radical (unpaired) electrons. The summed E-state index contributed by atoms with van der Waals surface area (Å²) in [6, 6.07) is 11.2. The molecule has 2 rings (SSSR count). The van der Waals surface area contributed by atoms with Gasteiger partial charge in [0.25, 0.3) is 11.8 Å². The summed E-state index contributed by atoms with van der Waals surface area (Å²) in [5, 5.41) is 10.9. The van der Waals surface area contributed by atoms with Gasteiger partial charge in [-0.3, -0.25) is 14.9 Å². The third kappa shape index (κ3) is 4.71. The number of esters is 1. The normalized spacial score (nSPS) is 9.62. The number of rotatable bonds is 6. The van der Waals surface area contributed by atoms with E-state index in [1.165, 1.54) is 30.5 Å². The zero-order valence-corrected chi connectivity index (χ0v) is 12.4. The third-order valence-corrected chi connectivity index (χ3v) is 2.72. The summed E-state index contributed by atoms with van der Waals surface area (Å²) in [6.45, 7) is -1.12. The van der Waals surface area contributed by atoms with Gasteiger partial charge in [-0.1, -0.05) is 12.1 Å². The first-order valence-corrected chi connectivity index (χ1v) is 6.75. The van der Waals surface area contributed by atoms with Crippen LogP contribution in [0.15, 0.2) is 47.1 Å². The van der Waals surface area contributed by atoms with Crippen LogP contribution in [0.5, 0.6) is 5.75 Å². The second kappa shape index (κ2) is 8.14. The SMILES string of the molecule is N#Cc1ccccc1OCC(=O)OCC(=O)NC(=O)c1ccco1. The Morgan fingerprint density at radius 3 is 2.62 bits per heavy atom. The Kier molecular flexibility index (Phi) is 5.69. The predicted molar refractivity (Wildman–Crippen MR) is 78.8 cm³/mol. The standard InChI is InChI=1S/C16H12N2O6/c17-8-11-4-1-2-5-12(11)23-10-15(20)24-9-14(19)18-16(21)13-6-3-7-22-13/h1-7H,9-10H2,(H,18,19,21). The van der Waals surface area contributed by atoms with Crippen molar-refractivity contribution in [2.24, 2.45) is 0 Å². The number of hydrogen-bond acceptors (Lipinski definition) is 7. The molecule has 0 aliphatic rings. The average molecular weight is 328 g/mol. The van der Waals surface area contributed by atoms with Crippen molar-refractivity contribution in [2.45, 2.75) is 0 Å². The molecular weight excluding hydrogens is 316 g/mol. The molecule has 24 heavy (non-hydrogen) atoms. The molecule has 0 saturated heterocycles. The van der Waals surface area contributed by atoms with Crippen molar-refractivity contribution >= 4 is 17.8 Å². The number of para-hydroxylation sites is 1. The minimum absolute atomic E-state index is 0.0360. The Hall–Kier alpha value is -3.60. The van der Waals surface area contributed by atoms with Gasteiger partial charge in [0.2, 0.25) is 0 Å². The highest BCUT2D eigenvalue weighted by Gasteiger charge is 2.15. The lowest BCUT2D eigenvalue weighted by Gasteiger charge is -2.07. The fourth-order valence-electron chi connectivity index (χ4n) is 1.64. The van der Waals surface area contributed by atoms with Gasteiger partial charge in [-0.2, -0.15) is 5.26 Å². The Labute approximate surface area is 136 Å². The molecule has 0 aliphatic heterocycles. The van der Waals surface area contributed by atoms with Crippen molar-refractivity contribution in [3.05, 3.63) is 54.0 Å². The number of hydrogen-bond donors (Lipinski definition) is 1. The number of carbonyl (C=O) groups excluding carboxylic acids is 3. The molecule has 1 N–H and O–H groups in total. The van der Waals surface area contributed by atoms with Crippen LogP contribution in [-0.4, -0.2) is 31.0 Å². The van der Waals surface area contributed by atoms with Crippen LogP contribution in [0.1, 0.15) is 16.1 Å². The van der Waals surface area contributed by atoms with E-state index >= 15 is 0 Å². The van der Waals surface area contributed by atoms with Crippen LogP contribution in [0, 0.1) is 11.3 Å². The van der Waals surface area contributed by atoms with Gasteiger partial charge >= 0.3 is 5.97 Å². The summed E-state index contributed by atoms with van der Waals surface area (Å²) in [6.07, 6.45) is 1.29. The average Bonchev–Trinajstić information content (AvgIpc) is 3.13. The number of furan rings is 1. The summed E-state index contributed by atoms with van der Waals surface area (Å²) in [4.78, 5) is 34.5. The number of nitrogens with one attached hydrogen (secondary N) is 1. The minimum Gasteiger partial charge on any atom is -0.481 e. The van der Waals surface area contributed by atoms with Crippen molar-refractivity contribution in [2.75, 3.05) is 13.2 Å². The maximum absolute atomic E-state index is 11.5. The Morgan fingerprint density at radius 2 is 1.92 bits per heavy atom. The number of benzene rings is 1. The number of ether oxygens (including phenoxy) is 2. The van der Waals surface area contributed by atoms with Gasteiger partial charge in [0, 0.05) is 0 Å². The summed E-state index contributed by atoms with van der Waals surface area (Å²) in [5.41, 5.74) is 0.270. The topological polar surface area (TPSA) is 119 Å². The van der Waals surface area contributed by atoms with E-state index in [0.29, 0.717) is 0 Å². The minimum atomic E-state index is -0.816. The second-order valence-electron chi connectivity index (χ2n) is 4.41. The van der Waals surface area contributed by atoms with Gasteiger partial charge in [0.15, 0.2) is 19.0 Å². The van der Waals surface area contributed by atoms with Crippen molar-refractivity contribution < 1.29 is 28.3 Å². The first-order chi connectivity index (χ1) is 11.6. The molecular formula is C16H12N2O6. The zero-order valence-electron chi connectivity index (χ0n) is 12.4. The molecule has 122 valence electrons. The Bertz CT molecular complexity index is 776. The van der Waals surface area contributed by atoms with E-state index in [1.807, 2.05) is 11.4 Å². The number of nitrogens with zero attached hydrogens (tertiary/aromatic N) is 1. The molecule has 0 saturated carbocycles. The van der Waals surface area contributed by atoms with E-state index < -0.39 is 31.0 Å². The van der Waals surface area contributed by atoms with E-state index in [9.17, 15) is 14.4 Å². The first kappa shape index (κ1) is 16.8.